The van der Waals surface area contributed by atoms with Gasteiger partial charge in [-0.05, 0) is 12.5 Å². The summed E-state index contributed by atoms with van der Waals surface area (Å²) in [6.07, 6.45) is 0. The summed E-state index contributed by atoms with van der Waals surface area (Å²) in [5.41, 5.74) is -0.852. The van der Waals surface area contributed by atoms with Gasteiger partial charge in [0, 0.05) is 24.6 Å². The van der Waals surface area contributed by atoms with Crippen molar-refractivity contribution in [1.82, 2.24) is 10.2 Å². The van der Waals surface area contributed by atoms with E-state index in [2.05, 4.69) is 5.32 Å². The van der Waals surface area contributed by atoms with Crippen molar-refractivity contribution in [2.24, 2.45) is 0 Å². The highest BCUT2D eigenvalue weighted by molar-refractivity contribution is 7.99. The zero-order valence-electron chi connectivity index (χ0n) is 11.3. The van der Waals surface area contributed by atoms with Crippen LogP contribution in [-0.2, 0) is 10.3 Å². The first kappa shape index (κ1) is 14.7. The molecular weight excluding hydrogens is 276 g/mol. The molecule has 0 spiro atoms. The van der Waals surface area contributed by atoms with E-state index in [1.54, 1.807) is 40.9 Å². The summed E-state index contributed by atoms with van der Waals surface area (Å²) >= 11 is 1.80. The van der Waals surface area contributed by atoms with Gasteiger partial charge in [-0.1, -0.05) is 30.3 Å². The van der Waals surface area contributed by atoms with Gasteiger partial charge in [-0.3, -0.25) is 0 Å². The van der Waals surface area contributed by atoms with Crippen LogP contribution in [0.5, 0.6) is 0 Å². The Morgan fingerprint density at radius 3 is 2.40 bits per heavy atom. The van der Waals surface area contributed by atoms with Crippen LogP contribution in [0.1, 0.15) is 12.5 Å². The summed E-state index contributed by atoms with van der Waals surface area (Å²) in [6, 6.07) is 8.44. The average molecular weight is 294 g/mol. The third-order valence-corrected chi connectivity index (χ3v) is 4.38. The van der Waals surface area contributed by atoms with Crippen LogP contribution in [0.15, 0.2) is 30.3 Å². The maximum atomic E-state index is 12.2. The van der Waals surface area contributed by atoms with Crippen molar-refractivity contribution in [2.75, 3.05) is 24.6 Å². The number of carbonyl (C=O) groups is 2. The lowest BCUT2D eigenvalue weighted by Gasteiger charge is -2.32. The Morgan fingerprint density at radius 2 is 1.85 bits per heavy atom. The molecule has 0 aliphatic carbocycles. The number of nitrogens with one attached hydrogen (secondary N) is 1. The van der Waals surface area contributed by atoms with Crippen LogP contribution in [0.25, 0.3) is 0 Å². The third-order valence-electron chi connectivity index (χ3n) is 3.43. The molecule has 2 rings (SSSR count). The molecule has 0 aromatic heterocycles. The fourth-order valence-corrected chi connectivity index (χ4v) is 2.98. The number of amides is 2. The molecule has 0 radical (unpaired) electrons. The maximum Gasteiger partial charge on any atom is 0.333 e. The molecule has 5 nitrogen and oxygen atoms in total. The largest absolute Gasteiger partial charge is 0.479 e. The molecule has 1 unspecified atom stereocenters. The van der Waals surface area contributed by atoms with Gasteiger partial charge in [-0.15, -0.1) is 0 Å². The predicted molar refractivity (Wildman–Crippen MR) is 78.9 cm³/mol. The van der Waals surface area contributed by atoms with Crippen molar-refractivity contribution in [2.45, 2.75) is 12.5 Å². The van der Waals surface area contributed by atoms with Crippen LogP contribution < -0.4 is 5.32 Å². The number of carbonyl (C=O) groups excluding carboxylic acids is 1. The highest BCUT2D eigenvalue weighted by Crippen LogP contribution is 2.21. The molecule has 0 saturated carbocycles. The zero-order chi connectivity index (χ0) is 14.6. The van der Waals surface area contributed by atoms with E-state index in [4.69, 9.17) is 0 Å². The number of rotatable bonds is 3. The van der Waals surface area contributed by atoms with Crippen LogP contribution in [0, 0.1) is 0 Å². The highest BCUT2D eigenvalue weighted by Gasteiger charge is 2.38. The van der Waals surface area contributed by atoms with Crippen molar-refractivity contribution in [3.63, 3.8) is 0 Å². The van der Waals surface area contributed by atoms with E-state index in [0.717, 1.165) is 11.5 Å². The van der Waals surface area contributed by atoms with Crippen molar-refractivity contribution in [3.8, 4) is 0 Å². The summed E-state index contributed by atoms with van der Waals surface area (Å²) in [4.78, 5) is 25.5. The molecule has 1 heterocycles. The Labute approximate surface area is 122 Å². The van der Waals surface area contributed by atoms with E-state index in [1.165, 1.54) is 6.92 Å². The average Bonchev–Trinajstić information content (AvgIpc) is 2.48. The lowest BCUT2D eigenvalue weighted by molar-refractivity contribution is -0.144. The minimum absolute atomic E-state index is 0.320. The van der Waals surface area contributed by atoms with Gasteiger partial charge in [0.2, 0.25) is 0 Å². The molecule has 20 heavy (non-hydrogen) atoms. The number of urea groups is 1. The molecule has 1 aliphatic rings. The number of aliphatic carboxylic acids is 1. The summed E-state index contributed by atoms with van der Waals surface area (Å²) in [6.45, 7) is 2.82. The van der Waals surface area contributed by atoms with Gasteiger partial charge >= 0.3 is 12.0 Å². The molecule has 1 saturated heterocycles. The Balaban J connectivity index is 2.17. The van der Waals surface area contributed by atoms with Crippen LogP contribution in [-0.4, -0.2) is 46.6 Å². The standard InChI is InChI=1S/C14H18N2O3S/c1-14(12(17)18,11-5-3-2-4-6-11)15-13(19)16-7-9-20-10-8-16/h2-6H,7-10H2,1H3,(H,15,19)(H,17,18). The topological polar surface area (TPSA) is 69.6 Å². The normalized spacial score (nSPS) is 18.1. The minimum Gasteiger partial charge on any atom is -0.479 e. The van der Waals surface area contributed by atoms with E-state index >= 15 is 0 Å². The van der Waals surface area contributed by atoms with Gasteiger partial charge in [0.05, 0.1) is 0 Å². The molecule has 1 aromatic carbocycles. The molecule has 1 aliphatic heterocycles. The zero-order valence-corrected chi connectivity index (χ0v) is 12.2. The second-order valence-corrected chi connectivity index (χ2v) is 6.05. The molecule has 0 bridgehead atoms. The van der Waals surface area contributed by atoms with Gasteiger partial charge in [0.15, 0.2) is 5.54 Å². The number of hydrogen-bond donors (Lipinski definition) is 2. The SMILES string of the molecule is CC(NC(=O)N1CCSCC1)(C(=O)O)c1ccccc1. The summed E-state index contributed by atoms with van der Waals surface area (Å²) in [5, 5.41) is 12.2. The number of nitrogens with zero attached hydrogens (tertiary/aromatic N) is 1. The van der Waals surface area contributed by atoms with Crippen LogP contribution >= 0.6 is 11.8 Å². The highest BCUT2D eigenvalue weighted by atomic mass is 32.2. The monoisotopic (exact) mass is 294 g/mol. The first-order valence-corrected chi connectivity index (χ1v) is 7.63. The lowest BCUT2D eigenvalue weighted by Crippen LogP contribution is -2.55. The second kappa shape index (κ2) is 6.17. The van der Waals surface area contributed by atoms with Crippen LogP contribution in [0.2, 0.25) is 0 Å². The van der Waals surface area contributed by atoms with Crippen molar-refractivity contribution in [3.05, 3.63) is 35.9 Å². The number of carboxylic acid groups (broad SMARTS) is 1. The Morgan fingerprint density at radius 1 is 1.25 bits per heavy atom. The van der Waals surface area contributed by atoms with E-state index < -0.39 is 11.5 Å². The molecular formula is C14H18N2O3S. The van der Waals surface area contributed by atoms with Crippen molar-refractivity contribution >= 4 is 23.8 Å². The lowest BCUT2D eigenvalue weighted by atomic mass is 9.92. The van der Waals surface area contributed by atoms with E-state index in [9.17, 15) is 14.7 Å². The summed E-state index contributed by atoms with van der Waals surface area (Å²) in [7, 11) is 0. The number of hydrogen-bond acceptors (Lipinski definition) is 3. The Kier molecular flexibility index (Phi) is 4.54. The van der Waals surface area contributed by atoms with Crippen LogP contribution in [0.4, 0.5) is 4.79 Å². The van der Waals surface area contributed by atoms with Gasteiger partial charge in [0.1, 0.15) is 0 Å². The second-order valence-electron chi connectivity index (χ2n) is 4.83. The molecule has 1 aromatic rings. The van der Waals surface area contributed by atoms with Crippen molar-refractivity contribution in [1.29, 1.82) is 0 Å². The van der Waals surface area contributed by atoms with Gasteiger partial charge in [-0.25, -0.2) is 9.59 Å². The Hall–Kier alpha value is -1.69. The molecule has 2 N–H and O–H groups in total. The van der Waals surface area contributed by atoms with Crippen molar-refractivity contribution < 1.29 is 14.7 Å². The van der Waals surface area contributed by atoms with Gasteiger partial charge in [0.25, 0.3) is 0 Å². The van der Waals surface area contributed by atoms with E-state index in [0.29, 0.717) is 18.7 Å². The molecule has 1 atom stereocenters. The van der Waals surface area contributed by atoms with Gasteiger partial charge in [-0.2, -0.15) is 11.8 Å². The smallest absolute Gasteiger partial charge is 0.333 e. The van der Waals surface area contributed by atoms with E-state index in [-0.39, 0.29) is 6.03 Å². The molecule has 1 fully saturated rings. The maximum absolute atomic E-state index is 12.2. The molecule has 6 heteroatoms. The predicted octanol–water partition coefficient (Wildman–Crippen LogP) is 1.74. The fourth-order valence-electron chi connectivity index (χ4n) is 2.08. The first-order valence-electron chi connectivity index (χ1n) is 6.48. The quantitative estimate of drug-likeness (QED) is 0.891. The number of carboxylic acids is 1. The number of benzene rings is 1. The minimum atomic E-state index is -1.41. The van der Waals surface area contributed by atoms with Crippen LogP contribution in [0.3, 0.4) is 0 Å². The summed E-state index contributed by atoms with van der Waals surface area (Å²) < 4.78 is 0. The fraction of sp³-hybridized carbons (Fsp3) is 0.429. The third kappa shape index (κ3) is 3.07. The van der Waals surface area contributed by atoms with E-state index in [1.807, 2.05) is 6.07 Å². The van der Waals surface area contributed by atoms with Gasteiger partial charge < -0.3 is 15.3 Å². The first-order chi connectivity index (χ1) is 9.54. The number of thioether (sulfide) groups is 1. The Bertz CT molecular complexity index is 488. The molecule has 108 valence electrons. The molecule has 2 amide bonds. The summed E-state index contributed by atoms with van der Waals surface area (Å²) in [5.74, 6) is 0.717.